The van der Waals surface area contributed by atoms with Crippen molar-refractivity contribution >= 4 is 17.3 Å². The average Bonchev–Trinajstić information content (AvgIpc) is 2.98. The standard InChI is InChI=1S/C23H36N2O3/c1-22-9-7-15(25-28-12-4-3-11-24)13-19(22)20(26)14-16-17-5-6-21(27)23(17,2)10-8-18(16)22/h16-19H,3-14,24H2,1-2H3/b25-15+/t16-,17-,18-,19+,22+,23-/m0/s1. The number of nitrogens with two attached hydrogens (primary N) is 1. The van der Waals surface area contributed by atoms with E-state index in [0.29, 0.717) is 48.9 Å². The molecule has 0 aromatic rings. The van der Waals surface area contributed by atoms with E-state index < -0.39 is 0 Å². The first-order chi connectivity index (χ1) is 13.4. The van der Waals surface area contributed by atoms with Crippen LogP contribution in [-0.4, -0.2) is 30.4 Å². The van der Waals surface area contributed by atoms with Gasteiger partial charge in [-0.3, -0.25) is 9.59 Å². The fourth-order valence-electron chi connectivity index (χ4n) is 7.15. The minimum absolute atomic E-state index is 0.0610. The van der Waals surface area contributed by atoms with E-state index in [1.807, 2.05) is 0 Å². The van der Waals surface area contributed by atoms with Crippen LogP contribution >= 0.6 is 0 Å². The van der Waals surface area contributed by atoms with Gasteiger partial charge in [0.15, 0.2) is 0 Å². The molecular weight excluding hydrogens is 352 g/mol. The van der Waals surface area contributed by atoms with Crippen molar-refractivity contribution in [3.8, 4) is 0 Å². The Morgan fingerprint density at radius 2 is 1.89 bits per heavy atom. The van der Waals surface area contributed by atoms with E-state index >= 15 is 0 Å². The normalized spacial score (nSPS) is 44.2. The summed E-state index contributed by atoms with van der Waals surface area (Å²) in [6.07, 6.45) is 9.09. The number of fused-ring (bicyclic) bond motifs is 5. The SMILES string of the molecule is C[C@]12CC/C(=N\OCCCCN)C[C@@H]1C(=O)C[C@@H]1[C@@H]2CC[C@]2(C)C(=O)CC[C@@H]12. The Morgan fingerprint density at radius 3 is 2.68 bits per heavy atom. The van der Waals surface area contributed by atoms with E-state index in [4.69, 9.17) is 10.6 Å². The van der Waals surface area contributed by atoms with E-state index in [9.17, 15) is 9.59 Å². The maximum absolute atomic E-state index is 13.2. The van der Waals surface area contributed by atoms with Gasteiger partial charge < -0.3 is 10.6 Å². The molecule has 2 N–H and O–H groups in total. The van der Waals surface area contributed by atoms with E-state index in [2.05, 4.69) is 19.0 Å². The third kappa shape index (κ3) is 3.14. The summed E-state index contributed by atoms with van der Waals surface area (Å²) >= 11 is 0. The molecule has 0 saturated heterocycles. The molecule has 0 aromatic heterocycles. The van der Waals surface area contributed by atoms with Crippen molar-refractivity contribution < 1.29 is 14.4 Å². The molecule has 0 amide bonds. The zero-order chi connectivity index (χ0) is 19.9. The number of carbonyl (C=O) groups is 2. The number of carbonyl (C=O) groups excluding carboxylic acids is 2. The van der Waals surface area contributed by atoms with Crippen molar-refractivity contribution in [1.82, 2.24) is 0 Å². The van der Waals surface area contributed by atoms with Crippen LogP contribution in [0.4, 0.5) is 0 Å². The molecular formula is C23H36N2O3. The number of unbranched alkanes of at least 4 members (excludes halogenated alkanes) is 1. The first-order valence-corrected chi connectivity index (χ1v) is 11.3. The van der Waals surface area contributed by atoms with Gasteiger partial charge in [-0.25, -0.2) is 0 Å². The van der Waals surface area contributed by atoms with Crippen LogP contribution in [0.3, 0.4) is 0 Å². The fraction of sp³-hybridized carbons (Fsp3) is 0.870. The average molecular weight is 389 g/mol. The van der Waals surface area contributed by atoms with Crippen molar-refractivity contribution in [2.75, 3.05) is 13.2 Å². The molecule has 0 aromatic carbocycles. The molecule has 156 valence electrons. The second-order valence-corrected chi connectivity index (χ2v) is 10.2. The lowest BCUT2D eigenvalue weighted by molar-refractivity contribution is -0.152. The van der Waals surface area contributed by atoms with E-state index in [0.717, 1.165) is 63.5 Å². The van der Waals surface area contributed by atoms with Crippen LogP contribution in [-0.2, 0) is 14.4 Å². The van der Waals surface area contributed by atoms with Crippen LogP contribution in [0.25, 0.3) is 0 Å². The molecule has 4 saturated carbocycles. The predicted molar refractivity (Wildman–Crippen MR) is 109 cm³/mol. The molecule has 5 nitrogen and oxygen atoms in total. The fourth-order valence-corrected chi connectivity index (χ4v) is 7.15. The predicted octanol–water partition coefficient (Wildman–Crippen LogP) is 3.89. The number of ketones is 2. The van der Waals surface area contributed by atoms with E-state index in [1.54, 1.807) is 0 Å². The second-order valence-electron chi connectivity index (χ2n) is 10.2. The highest BCUT2D eigenvalue weighted by molar-refractivity contribution is 5.93. The topological polar surface area (TPSA) is 81.8 Å². The quantitative estimate of drug-likeness (QED) is 0.572. The minimum Gasteiger partial charge on any atom is -0.396 e. The number of Topliss-reactive ketones (excluding diaryl/α,β-unsaturated/α-hetero) is 2. The molecule has 28 heavy (non-hydrogen) atoms. The molecule has 0 aliphatic heterocycles. The van der Waals surface area contributed by atoms with E-state index in [-0.39, 0.29) is 16.7 Å². The molecule has 0 unspecified atom stereocenters. The Balaban J connectivity index is 1.48. The third-order valence-corrected chi connectivity index (χ3v) is 8.89. The van der Waals surface area contributed by atoms with Crippen LogP contribution in [0.1, 0.15) is 78.1 Å². The van der Waals surface area contributed by atoms with Gasteiger partial charge in [-0.1, -0.05) is 19.0 Å². The van der Waals surface area contributed by atoms with Gasteiger partial charge in [-0.15, -0.1) is 0 Å². The molecule has 4 aliphatic rings. The summed E-state index contributed by atoms with van der Waals surface area (Å²) in [5.74, 6) is 2.33. The maximum Gasteiger partial charge on any atom is 0.139 e. The maximum atomic E-state index is 13.2. The van der Waals surface area contributed by atoms with Crippen LogP contribution in [0.2, 0.25) is 0 Å². The van der Waals surface area contributed by atoms with Gasteiger partial charge in [0.05, 0.1) is 5.71 Å². The summed E-state index contributed by atoms with van der Waals surface area (Å²) in [4.78, 5) is 31.3. The first kappa shape index (κ1) is 20.1. The molecule has 0 bridgehead atoms. The highest BCUT2D eigenvalue weighted by Crippen LogP contribution is 2.64. The van der Waals surface area contributed by atoms with Crippen LogP contribution in [0.15, 0.2) is 5.16 Å². The van der Waals surface area contributed by atoms with Crippen molar-refractivity contribution in [3.63, 3.8) is 0 Å². The summed E-state index contributed by atoms with van der Waals surface area (Å²) in [5, 5.41) is 4.37. The summed E-state index contributed by atoms with van der Waals surface area (Å²) < 4.78 is 0. The van der Waals surface area contributed by atoms with Gasteiger partial charge in [0.2, 0.25) is 0 Å². The Kier molecular flexibility index (Phi) is 5.41. The number of oxime groups is 1. The molecule has 4 fully saturated rings. The highest BCUT2D eigenvalue weighted by atomic mass is 16.6. The van der Waals surface area contributed by atoms with Crippen LogP contribution in [0, 0.1) is 34.5 Å². The lowest BCUT2D eigenvalue weighted by Gasteiger charge is -2.58. The molecule has 0 radical (unpaired) electrons. The molecule has 0 spiro atoms. The van der Waals surface area contributed by atoms with Crippen molar-refractivity contribution in [2.45, 2.75) is 78.1 Å². The van der Waals surface area contributed by atoms with Gasteiger partial charge >= 0.3 is 0 Å². The van der Waals surface area contributed by atoms with Gasteiger partial charge in [0.25, 0.3) is 0 Å². The lowest BCUT2D eigenvalue weighted by atomic mass is 9.45. The highest BCUT2D eigenvalue weighted by Gasteiger charge is 2.62. The molecule has 5 heteroatoms. The Bertz CT molecular complexity index is 675. The number of hydrogen-bond donors (Lipinski definition) is 1. The molecule has 6 atom stereocenters. The number of nitrogens with zero attached hydrogens (tertiary/aromatic N) is 1. The summed E-state index contributed by atoms with van der Waals surface area (Å²) in [5.41, 5.74) is 6.46. The minimum atomic E-state index is -0.163. The van der Waals surface area contributed by atoms with Gasteiger partial charge in [-0.05, 0) is 81.1 Å². The third-order valence-electron chi connectivity index (χ3n) is 8.89. The smallest absolute Gasteiger partial charge is 0.139 e. The first-order valence-electron chi connectivity index (χ1n) is 11.3. The summed E-state index contributed by atoms with van der Waals surface area (Å²) in [7, 11) is 0. The monoisotopic (exact) mass is 388 g/mol. The Hall–Kier alpha value is -1.23. The Morgan fingerprint density at radius 1 is 1.07 bits per heavy atom. The largest absolute Gasteiger partial charge is 0.396 e. The van der Waals surface area contributed by atoms with Crippen LogP contribution < -0.4 is 5.73 Å². The van der Waals surface area contributed by atoms with Crippen LogP contribution in [0.5, 0.6) is 0 Å². The van der Waals surface area contributed by atoms with Crippen molar-refractivity contribution in [2.24, 2.45) is 45.4 Å². The van der Waals surface area contributed by atoms with Gasteiger partial charge in [0, 0.05) is 24.2 Å². The number of rotatable bonds is 5. The second kappa shape index (κ2) is 7.55. The Labute approximate surface area is 168 Å². The zero-order valence-electron chi connectivity index (χ0n) is 17.5. The summed E-state index contributed by atoms with van der Waals surface area (Å²) in [6, 6.07) is 0. The van der Waals surface area contributed by atoms with Crippen molar-refractivity contribution in [1.29, 1.82) is 0 Å². The summed E-state index contributed by atoms with van der Waals surface area (Å²) in [6.45, 7) is 5.82. The zero-order valence-corrected chi connectivity index (χ0v) is 17.5. The van der Waals surface area contributed by atoms with Gasteiger partial charge in [0.1, 0.15) is 18.2 Å². The molecule has 4 rings (SSSR count). The molecule has 4 aliphatic carbocycles. The van der Waals surface area contributed by atoms with Gasteiger partial charge in [-0.2, -0.15) is 0 Å². The number of hydrogen-bond acceptors (Lipinski definition) is 5. The molecule has 0 heterocycles. The van der Waals surface area contributed by atoms with Crippen molar-refractivity contribution in [3.05, 3.63) is 0 Å². The lowest BCUT2D eigenvalue weighted by Crippen LogP contribution is -2.56. The van der Waals surface area contributed by atoms with E-state index in [1.165, 1.54) is 0 Å².